The molecule has 0 aliphatic carbocycles. The highest BCUT2D eigenvalue weighted by atomic mass is 19.1. The second kappa shape index (κ2) is 10.8. The first-order chi connectivity index (χ1) is 11.5. The van der Waals surface area contributed by atoms with Crippen molar-refractivity contribution in [2.24, 2.45) is 22.2 Å². The third kappa shape index (κ3) is 11.3. The zero-order valence-corrected chi connectivity index (χ0v) is 18.0. The van der Waals surface area contributed by atoms with Crippen LogP contribution >= 0.6 is 0 Å². The summed E-state index contributed by atoms with van der Waals surface area (Å²) in [5, 5.41) is 11.2. The van der Waals surface area contributed by atoms with Crippen LogP contribution in [0.15, 0.2) is 0 Å². The van der Waals surface area contributed by atoms with E-state index in [2.05, 4.69) is 19.2 Å². The minimum absolute atomic E-state index is 0.0637. The minimum atomic E-state index is -1.33. The summed E-state index contributed by atoms with van der Waals surface area (Å²) in [7, 11) is 1.56. The molecule has 0 atom stereocenters. The Morgan fingerprint density at radius 1 is 1.00 bits per heavy atom. The van der Waals surface area contributed by atoms with Crippen LogP contribution in [0.3, 0.4) is 0 Å². The molecule has 0 bridgehead atoms. The molecule has 0 spiro atoms. The van der Waals surface area contributed by atoms with Gasteiger partial charge in [-0.05, 0) is 24.2 Å². The number of ketones is 1. The Kier molecular flexibility index (Phi) is 11.1. The predicted molar refractivity (Wildman–Crippen MR) is 102 cm³/mol. The largest absolute Gasteiger partial charge is 0.389 e. The van der Waals surface area contributed by atoms with Crippen LogP contribution in [-0.2, 0) is 14.4 Å². The first-order valence-corrected chi connectivity index (χ1v) is 9.05. The zero-order chi connectivity index (χ0) is 21.3. The quantitative estimate of drug-likeness (QED) is 0.602. The van der Waals surface area contributed by atoms with Gasteiger partial charge in [0.2, 0.25) is 5.91 Å². The summed E-state index contributed by atoms with van der Waals surface area (Å²) in [5.74, 6) is 0.341. The third-order valence-corrected chi connectivity index (χ3v) is 4.19. The summed E-state index contributed by atoms with van der Waals surface area (Å²) in [6, 6.07) is -1.33. The van der Waals surface area contributed by atoms with Crippen LogP contribution in [0.1, 0.15) is 74.7 Å². The van der Waals surface area contributed by atoms with Crippen molar-refractivity contribution >= 4 is 17.7 Å². The Labute approximate surface area is 158 Å². The fraction of sp³-hybridized carbons (Fsp3) is 0.850. The molecule has 5 nitrogen and oxygen atoms in total. The summed E-state index contributed by atoms with van der Waals surface area (Å²) in [5.41, 5.74) is -1.76. The van der Waals surface area contributed by atoms with Crippen molar-refractivity contribution < 1.29 is 23.9 Å². The van der Waals surface area contributed by atoms with Gasteiger partial charge in [0.1, 0.15) is 6.61 Å². The molecular formula is C20H38FNO4. The zero-order valence-electron chi connectivity index (χ0n) is 18.0. The van der Waals surface area contributed by atoms with Crippen LogP contribution in [0.5, 0.6) is 0 Å². The number of amides is 1. The highest BCUT2D eigenvalue weighted by Gasteiger charge is 2.35. The molecule has 0 heterocycles. The maximum Gasteiger partial charge on any atom is 0.307 e. The summed E-state index contributed by atoms with van der Waals surface area (Å²) < 4.78 is 12.7. The molecule has 0 aliphatic rings. The number of Topliss-reactive ketones (excluding diaryl/α,β-unsaturated/α-hetero) is 1. The van der Waals surface area contributed by atoms with Crippen LogP contribution in [0.4, 0.5) is 4.39 Å². The molecule has 0 saturated heterocycles. The van der Waals surface area contributed by atoms with E-state index in [0.717, 1.165) is 6.42 Å². The van der Waals surface area contributed by atoms with Gasteiger partial charge in [-0.3, -0.25) is 14.4 Å². The van der Waals surface area contributed by atoms with Gasteiger partial charge in [-0.2, -0.15) is 4.39 Å². The lowest BCUT2D eigenvalue weighted by Crippen LogP contribution is -2.32. The summed E-state index contributed by atoms with van der Waals surface area (Å²) in [6.07, 6.45) is 1.48. The van der Waals surface area contributed by atoms with Crippen molar-refractivity contribution in [3.8, 4) is 0 Å². The smallest absolute Gasteiger partial charge is 0.307 e. The Morgan fingerprint density at radius 3 is 1.77 bits per heavy atom. The van der Waals surface area contributed by atoms with Crippen molar-refractivity contribution in [1.82, 2.24) is 5.32 Å². The van der Waals surface area contributed by atoms with Crippen LogP contribution in [0.25, 0.3) is 0 Å². The number of halogens is 1. The number of nitrogens with one attached hydrogen (secondary N) is 1. The first-order valence-electron chi connectivity index (χ1n) is 9.05. The van der Waals surface area contributed by atoms with Crippen molar-refractivity contribution in [3.63, 3.8) is 0 Å². The highest BCUT2D eigenvalue weighted by Crippen LogP contribution is 2.37. The van der Waals surface area contributed by atoms with E-state index in [0.29, 0.717) is 18.8 Å². The molecule has 0 aromatic rings. The molecule has 154 valence electrons. The fourth-order valence-corrected chi connectivity index (χ4v) is 3.20. The number of hydrogen-bond donors (Lipinski definition) is 2. The average Bonchev–Trinajstić information content (AvgIpc) is 2.43. The molecule has 0 radical (unpaired) electrons. The Morgan fingerprint density at radius 2 is 1.46 bits per heavy atom. The normalized spacial score (nSPS) is 12.3. The van der Waals surface area contributed by atoms with E-state index < -0.39 is 11.5 Å². The average molecular weight is 376 g/mol. The SMILES string of the molecule is CC(C)CC(C)(C)C(=O)CO.CNC(=O)CC(C)(C)CC(C)(C)C(=O)F. The number of hydrogen-bond acceptors (Lipinski definition) is 4. The Hall–Kier alpha value is -1.30. The molecular weight excluding hydrogens is 337 g/mol. The molecule has 0 rings (SSSR count). The Bertz CT molecular complexity index is 482. The van der Waals surface area contributed by atoms with Crippen LogP contribution < -0.4 is 5.32 Å². The number of aliphatic hydroxyl groups excluding tert-OH is 1. The van der Waals surface area contributed by atoms with Gasteiger partial charge in [-0.1, -0.05) is 55.4 Å². The van der Waals surface area contributed by atoms with Crippen LogP contribution in [0.2, 0.25) is 0 Å². The monoisotopic (exact) mass is 375 g/mol. The van der Waals surface area contributed by atoms with Gasteiger partial charge in [-0.15, -0.1) is 0 Å². The third-order valence-electron chi connectivity index (χ3n) is 4.19. The van der Waals surface area contributed by atoms with Crippen molar-refractivity contribution in [1.29, 1.82) is 0 Å². The maximum absolute atomic E-state index is 12.7. The molecule has 0 fully saturated rings. The van der Waals surface area contributed by atoms with E-state index in [1.165, 1.54) is 0 Å². The Balaban J connectivity index is 0. The van der Waals surface area contributed by atoms with E-state index in [-0.39, 0.29) is 29.1 Å². The molecule has 0 aromatic carbocycles. The maximum atomic E-state index is 12.7. The second-order valence-electron chi connectivity index (χ2n) is 9.41. The van der Waals surface area contributed by atoms with Crippen molar-refractivity contribution in [2.75, 3.05) is 13.7 Å². The molecule has 0 unspecified atom stereocenters. The lowest BCUT2D eigenvalue weighted by Gasteiger charge is -2.31. The number of carbonyl (C=O) groups excluding carboxylic acids is 3. The van der Waals surface area contributed by atoms with Gasteiger partial charge in [0.25, 0.3) is 0 Å². The molecule has 0 aliphatic heterocycles. The van der Waals surface area contributed by atoms with Gasteiger partial charge in [0.05, 0.1) is 5.41 Å². The van der Waals surface area contributed by atoms with Gasteiger partial charge in [0.15, 0.2) is 5.78 Å². The molecule has 26 heavy (non-hydrogen) atoms. The van der Waals surface area contributed by atoms with Crippen molar-refractivity contribution in [2.45, 2.75) is 74.7 Å². The van der Waals surface area contributed by atoms with E-state index in [1.54, 1.807) is 20.9 Å². The van der Waals surface area contributed by atoms with E-state index in [9.17, 15) is 18.8 Å². The first kappa shape index (κ1) is 26.9. The van der Waals surface area contributed by atoms with Crippen LogP contribution in [-0.4, -0.2) is 36.5 Å². The second-order valence-corrected chi connectivity index (χ2v) is 9.41. The van der Waals surface area contributed by atoms with Gasteiger partial charge < -0.3 is 10.4 Å². The number of carbonyl (C=O) groups is 3. The van der Waals surface area contributed by atoms with Gasteiger partial charge in [-0.25, -0.2) is 0 Å². The fourth-order valence-electron chi connectivity index (χ4n) is 3.20. The van der Waals surface area contributed by atoms with E-state index in [1.807, 2.05) is 27.7 Å². The van der Waals surface area contributed by atoms with E-state index >= 15 is 0 Å². The lowest BCUT2D eigenvalue weighted by molar-refractivity contribution is -0.140. The standard InChI is InChI=1S/C11H20FNO2.C9H18O2/c1-10(2,6-8(14)13-5)7-11(3,4)9(12)15;1-7(2)5-9(3,4)8(11)6-10/h6-7H2,1-5H3,(H,13,14);7,10H,5-6H2,1-4H3. The number of aliphatic hydroxyl groups is 1. The molecule has 0 saturated carbocycles. The topological polar surface area (TPSA) is 83.5 Å². The molecule has 0 aromatic heterocycles. The van der Waals surface area contributed by atoms with Crippen molar-refractivity contribution in [3.05, 3.63) is 0 Å². The summed E-state index contributed by atoms with van der Waals surface area (Å²) >= 11 is 0. The van der Waals surface area contributed by atoms with Gasteiger partial charge >= 0.3 is 6.04 Å². The molecule has 2 N–H and O–H groups in total. The van der Waals surface area contributed by atoms with E-state index in [4.69, 9.17) is 5.11 Å². The highest BCUT2D eigenvalue weighted by molar-refractivity contribution is 5.84. The lowest BCUT2D eigenvalue weighted by atomic mass is 9.73. The summed E-state index contributed by atoms with van der Waals surface area (Å²) in [6.45, 7) is 14.4. The molecule has 1 amide bonds. The molecule has 6 heteroatoms. The minimum Gasteiger partial charge on any atom is -0.389 e. The number of rotatable bonds is 9. The van der Waals surface area contributed by atoms with Crippen LogP contribution in [0, 0.1) is 22.2 Å². The van der Waals surface area contributed by atoms with Gasteiger partial charge in [0, 0.05) is 18.9 Å². The summed E-state index contributed by atoms with van der Waals surface area (Å²) in [4.78, 5) is 33.0. The predicted octanol–water partition coefficient (Wildman–Crippen LogP) is 3.68.